The van der Waals surface area contributed by atoms with Crippen LogP contribution in [0.25, 0.3) is 11.0 Å². The number of carbonyl (C=O) groups excluding carboxylic acids is 1. The van der Waals surface area contributed by atoms with Crippen LogP contribution in [0.2, 0.25) is 0 Å². The van der Waals surface area contributed by atoms with Crippen LogP contribution in [0.3, 0.4) is 0 Å². The number of rotatable bonds is 3. The van der Waals surface area contributed by atoms with Gasteiger partial charge in [0, 0.05) is 25.2 Å². The van der Waals surface area contributed by atoms with Gasteiger partial charge in [0.05, 0.1) is 11.0 Å². The van der Waals surface area contributed by atoms with Crippen molar-refractivity contribution in [3.05, 3.63) is 34.7 Å². The molecule has 2 saturated heterocycles. The quantitative estimate of drug-likeness (QED) is 0.927. The monoisotopic (exact) mass is 328 g/mol. The molecule has 128 valence electrons. The van der Waals surface area contributed by atoms with Crippen molar-refractivity contribution >= 4 is 16.9 Å². The molecule has 2 aliphatic heterocycles. The van der Waals surface area contributed by atoms with E-state index >= 15 is 0 Å². The Balaban J connectivity index is 1.60. The van der Waals surface area contributed by atoms with Crippen molar-refractivity contribution in [1.29, 1.82) is 0 Å². The molecule has 2 aliphatic rings. The standard InChI is InChI=1S/C18H24N4O2/c1-2-20-10-9-13-7-8-14(11-20)22(13)17(23)12-21-16-6-4-3-5-15(16)19-18(21)24/h3-6,13-14H,2,7-12H2,1H3,(H,19,24). The number of fused-ring (bicyclic) bond motifs is 3. The highest BCUT2D eigenvalue weighted by molar-refractivity contribution is 5.81. The van der Waals surface area contributed by atoms with Gasteiger partial charge in [-0.25, -0.2) is 4.79 Å². The number of nitrogens with one attached hydrogen (secondary N) is 1. The molecule has 2 unspecified atom stereocenters. The van der Waals surface area contributed by atoms with Crippen LogP contribution in [0.1, 0.15) is 26.2 Å². The minimum Gasteiger partial charge on any atom is -0.334 e. The summed E-state index contributed by atoms with van der Waals surface area (Å²) in [5.41, 5.74) is 1.38. The van der Waals surface area contributed by atoms with Gasteiger partial charge in [-0.2, -0.15) is 0 Å². The van der Waals surface area contributed by atoms with Gasteiger partial charge >= 0.3 is 5.69 Å². The fourth-order valence-corrected chi connectivity index (χ4v) is 4.32. The van der Waals surface area contributed by atoms with Gasteiger partial charge in [-0.1, -0.05) is 19.1 Å². The lowest BCUT2D eigenvalue weighted by molar-refractivity contribution is -0.134. The Bertz CT molecular complexity index is 809. The summed E-state index contributed by atoms with van der Waals surface area (Å²) < 4.78 is 1.57. The summed E-state index contributed by atoms with van der Waals surface area (Å²) in [6.45, 7) is 5.36. The van der Waals surface area contributed by atoms with Gasteiger partial charge in [0.15, 0.2) is 0 Å². The van der Waals surface area contributed by atoms with Crippen molar-refractivity contribution in [3.63, 3.8) is 0 Å². The number of likely N-dealkylation sites (N-methyl/N-ethyl adjacent to an activating group) is 1. The number of aromatic amines is 1. The molecule has 4 rings (SSSR count). The van der Waals surface area contributed by atoms with Crippen LogP contribution >= 0.6 is 0 Å². The summed E-state index contributed by atoms with van der Waals surface area (Å²) in [6, 6.07) is 8.17. The smallest absolute Gasteiger partial charge is 0.326 e. The molecule has 2 atom stereocenters. The molecule has 0 spiro atoms. The van der Waals surface area contributed by atoms with Gasteiger partial charge in [0.1, 0.15) is 6.54 Å². The Kier molecular flexibility index (Phi) is 3.92. The molecule has 6 heteroatoms. The highest BCUT2D eigenvalue weighted by atomic mass is 16.2. The third-order valence-electron chi connectivity index (χ3n) is 5.58. The van der Waals surface area contributed by atoms with Gasteiger partial charge in [0.25, 0.3) is 0 Å². The SMILES string of the molecule is CCN1CCC2CCC(C1)N2C(=O)Cn1c(=O)[nH]c2ccccc21. The predicted molar refractivity (Wildman–Crippen MR) is 92.9 cm³/mol. The second kappa shape index (κ2) is 6.09. The van der Waals surface area contributed by atoms with E-state index < -0.39 is 0 Å². The maximum Gasteiger partial charge on any atom is 0.326 e. The molecule has 2 aromatic rings. The Morgan fingerprint density at radius 1 is 1.21 bits per heavy atom. The number of aromatic nitrogens is 2. The van der Waals surface area contributed by atoms with E-state index in [0.717, 1.165) is 49.9 Å². The Morgan fingerprint density at radius 2 is 2.00 bits per heavy atom. The Labute approximate surface area is 141 Å². The number of amides is 1. The van der Waals surface area contributed by atoms with Crippen LogP contribution in [0.4, 0.5) is 0 Å². The third kappa shape index (κ3) is 2.55. The summed E-state index contributed by atoms with van der Waals surface area (Å²) in [6.07, 6.45) is 3.21. The van der Waals surface area contributed by atoms with E-state index in [0.29, 0.717) is 12.1 Å². The van der Waals surface area contributed by atoms with Gasteiger partial charge in [-0.3, -0.25) is 9.36 Å². The van der Waals surface area contributed by atoms with E-state index in [1.54, 1.807) is 4.57 Å². The first-order chi connectivity index (χ1) is 11.7. The zero-order valence-corrected chi connectivity index (χ0v) is 14.1. The number of hydrogen-bond donors (Lipinski definition) is 1. The Morgan fingerprint density at radius 3 is 2.83 bits per heavy atom. The lowest BCUT2D eigenvalue weighted by Gasteiger charge is -2.29. The fraction of sp³-hybridized carbons (Fsp3) is 0.556. The zero-order valence-electron chi connectivity index (χ0n) is 14.1. The topological polar surface area (TPSA) is 61.3 Å². The molecule has 0 aliphatic carbocycles. The number of carbonyl (C=O) groups is 1. The van der Waals surface area contributed by atoms with E-state index in [4.69, 9.17) is 0 Å². The molecule has 3 heterocycles. The maximum absolute atomic E-state index is 13.0. The van der Waals surface area contributed by atoms with E-state index in [2.05, 4.69) is 21.7 Å². The average Bonchev–Trinajstić information content (AvgIpc) is 3.04. The van der Waals surface area contributed by atoms with Crippen LogP contribution in [0.15, 0.2) is 29.1 Å². The van der Waals surface area contributed by atoms with Crippen molar-refractivity contribution in [2.75, 3.05) is 19.6 Å². The number of hydrogen-bond acceptors (Lipinski definition) is 3. The van der Waals surface area contributed by atoms with E-state index in [1.807, 2.05) is 24.3 Å². The molecular weight excluding hydrogens is 304 g/mol. The second-order valence-corrected chi connectivity index (χ2v) is 6.90. The lowest BCUT2D eigenvalue weighted by Crippen LogP contribution is -2.45. The number of likely N-dealkylation sites (tertiary alicyclic amines) is 1. The van der Waals surface area contributed by atoms with Gasteiger partial charge in [0.2, 0.25) is 5.91 Å². The fourth-order valence-electron chi connectivity index (χ4n) is 4.32. The van der Waals surface area contributed by atoms with Crippen molar-refractivity contribution < 1.29 is 4.79 Å². The average molecular weight is 328 g/mol. The van der Waals surface area contributed by atoms with Crippen molar-refractivity contribution in [3.8, 4) is 0 Å². The van der Waals surface area contributed by atoms with Crippen LogP contribution in [-0.2, 0) is 11.3 Å². The van der Waals surface area contributed by atoms with Crippen LogP contribution in [0.5, 0.6) is 0 Å². The first kappa shape index (κ1) is 15.4. The molecule has 2 fully saturated rings. The molecule has 1 N–H and O–H groups in total. The van der Waals surface area contributed by atoms with E-state index in [9.17, 15) is 9.59 Å². The minimum absolute atomic E-state index is 0.0762. The van der Waals surface area contributed by atoms with Crippen molar-refractivity contribution in [1.82, 2.24) is 19.4 Å². The molecule has 1 aromatic carbocycles. The van der Waals surface area contributed by atoms with Crippen molar-refractivity contribution in [2.45, 2.75) is 44.8 Å². The normalized spacial score (nSPS) is 24.5. The zero-order chi connectivity index (χ0) is 16.7. The summed E-state index contributed by atoms with van der Waals surface area (Å²) in [4.78, 5) is 32.6. The van der Waals surface area contributed by atoms with Gasteiger partial charge < -0.3 is 14.8 Å². The largest absolute Gasteiger partial charge is 0.334 e. The highest BCUT2D eigenvalue weighted by Crippen LogP contribution is 2.30. The highest BCUT2D eigenvalue weighted by Gasteiger charge is 2.39. The van der Waals surface area contributed by atoms with Crippen LogP contribution in [-0.4, -0.2) is 57.0 Å². The number of nitrogens with zero attached hydrogens (tertiary/aromatic N) is 3. The minimum atomic E-state index is -0.207. The number of imidazole rings is 1. The molecule has 1 amide bonds. The molecule has 0 saturated carbocycles. The molecule has 1 aromatic heterocycles. The lowest BCUT2D eigenvalue weighted by atomic mass is 10.1. The van der Waals surface area contributed by atoms with Crippen LogP contribution in [0, 0.1) is 0 Å². The maximum atomic E-state index is 13.0. The predicted octanol–water partition coefficient (Wildman–Crippen LogP) is 1.41. The number of para-hydroxylation sites is 2. The summed E-state index contributed by atoms with van der Waals surface area (Å²) in [5.74, 6) is 0.0762. The van der Waals surface area contributed by atoms with E-state index in [-0.39, 0.29) is 18.1 Å². The summed E-state index contributed by atoms with van der Waals surface area (Å²) in [5, 5.41) is 0. The first-order valence-electron chi connectivity index (χ1n) is 8.88. The van der Waals surface area contributed by atoms with Gasteiger partial charge in [-0.15, -0.1) is 0 Å². The first-order valence-corrected chi connectivity index (χ1v) is 8.88. The summed E-state index contributed by atoms with van der Waals surface area (Å²) in [7, 11) is 0. The second-order valence-electron chi connectivity index (χ2n) is 6.90. The molecule has 24 heavy (non-hydrogen) atoms. The van der Waals surface area contributed by atoms with Crippen molar-refractivity contribution in [2.24, 2.45) is 0 Å². The molecule has 6 nitrogen and oxygen atoms in total. The van der Waals surface area contributed by atoms with Gasteiger partial charge in [-0.05, 0) is 37.9 Å². The molecule has 0 radical (unpaired) electrons. The molecular formula is C18H24N4O2. The number of H-pyrrole nitrogens is 1. The Hall–Kier alpha value is -2.08. The molecule has 2 bridgehead atoms. The van der Waals surface area contributed by atoms with Crippen LogP contribution < -0.4 is 5.69 Å². The number of benzene rings is 1. The summed E-state index contributed by atoms with van der Waals surface area (Å²) >= 11 is 0. The van der Waals surface area contributed by atoms with E-state index in [1.165, 1.54) is 0 Å². The third-order valence-corrected chi connectivity index (χ3v) is 5.58.